The molecule has 2 aromatic heterocycles. The Bertz CT molecular complexity index is 818. The van der Waals surface area contributed by atoms with Crippen molar-refractivity contribution in [1.82, 2.24) is 20.4 Å². The average Bonchev–Trinajstić information content (AvgIpc) is 3.17. The lowest BCUT2D eigenvalue weighted by molar-refractivity contribution is -0.122. The standard InChI is InChI=1S/C20H22N4O2/c1-2-6-17(15-7-4-3-5-8-15)22-18(25)9-10-19-23-20(24-26-19)16-11-13-21-14-12-16/h3-5,7-8,11-14,17H,2,6,9-10H2,1H3,(H,22,25). The van der Waals surface area contributed by atoms with Crippen molar-refractivity contribution in [2.45, 2.75) is 38.6 Å². The third kappa shape index (κ3) is 4.75. The van der Waals surface area contributed by atoms with Gasteiger partial charge in [0.2, 0.25) is 17.6 Å². The first-order valence-electron chi connectivity index (χ1n) is 8.83. The fraction of sp³-hybridized carbons (Fsp3) is 0.300. The van der Waals surface area contributed by atoms with Gasteiger partial charge in [-0.05, 0) is 24.1 Å². The zero-order chi connectivity index (χ0) is 18.2. The molecule has 3 rings (SSSR count). The van der Waals surface area contributed by atoms with Gasteiger partial charge in [-0.3, -0.25) is 9.78 Å². The van der Waals surface area contributed by atoms with E-state index in [-0.39, 0.29) is 11.9 Å². The average molecular weight is 350 g/mol. The summed E-state index contributed by atoms with van der Waals surface area (Å²) in [6.07, 6.45) is 5.98. The van der Waals surface area contributed by atoms with E-state index < -0.39 is 0 Å². The summed E-state index contributed by atoms with van der Waals surface area (Å²) in [6.45, 7) is 2.11. The minimum atomic E-state index is -0.0176. The van der Waals surface area contributed by atoms with Crippen molar-refractivity contribution >= 4 is 5.91 Å². The molecule has 0 saturated heterocycles. The summed E-state index contributed by atoms with van der Waals surface area (Å²) in [6, 6.07) is 13.7. The monoisotopic (exact) mass is 350 g/mol. The van der Waals surface area contributed by atoms with Gasteiger partial charge in [-0.15, -0.1) is 0 Å². The number of aromatic nitrogens is 3. The fourth-order valence-electron chi connectivity index (χ4n) is 2.76. The Hall–Kier alpha value is -3.02. The molecule has 26 heavy (non-hydrogen) atoms. The van der Waals surface area contributed by atoms with Gasteiger partial charge in [-0.25, -0.2) is 0 Å². The second-order valence-corrected chi connectivity index (χ2v) is 6.07. The molecule has 0 aliphatic rings. The number of aryl methyl sites for hydroxylation is 1. The van der Waals surface area contributed by atoms with Gasteiger partial charge in [0.1, 0.15) is 0 Å². The SMILES string of the molecule is CCCC(NC(=O)CCc1nc(-c2ccncc2)no1)c1ccccc1. The fourth-order valence-corrected chi connectivity index (χ4v) is 2.76. The van der Waals surface area contributed by atoms with E-state index in [2.05, 4.69) is 27.4 Å². The summed E-state index contributed by atoms with van der Waals surface area (Å²) in [5, 5.41) is 7.06. The number of hydrogen-bond donors (Lipinski definition) is 1. The Morgan fingerprint density at radius 3 is 2.65 bits per heavy atom. The second-order valence-electron chi connectivity index (χ2n) is 6.07. The van der Waals surface area contributed by atoms with Crippen LogP contribution in [-0.2, 0) is 11.2 Å². The van der Waals surface area contributed by atoms with Gasteiger partial charge in [0, 0.05) is 30.8 Å². The molecule has 1 aromatic carbocycles. The lowest BCUT2D eigenvalue weighted by Crippen LogP contribution is -2.28. The van der Waals surface area contributed by atoms with Gasteiger partial charge < -0.3 is 9.84 Å². The first-order chi connectivity index (χ1) is 12.8. The zero-order valence-corrected chi connectivity index (χ0v) is 14.8. The van der Waals surface area contributed by atoms with Crippen molar-refractivity contribution in [3.05, 3.63) is 66.3 Å². The molecular formula is C20H22N4O2. The molecule has 0 aliphatic carbocycles. The van der Waals surface area contributed by atoms with Crippen LogP contribution in [0.2, 0.25) is 0 Å². The third-order valence-electron chi connectivity index (χ3n) is 4.09. The van der Waals surface area contributed by atoms with E-state index >= 15 is 0 Å². The number of carbonyl (C=O) groups is 1. The van der Waals surface area contributed by atoms with Gasteiger partial charge in [0.25, 0.3) is 0 Å². The maximum absolute atomic E-state index is 12.3. The Kier molecular flexibility index (Phi) is 6.09. The Morgan fingerprint density at radius 1 is 1.15 bits per heavy atom. The molecule has 0 fully saturated rings. The molecule has 3 aromatic rings. The quantitative estimate of drug-likeness (QED) is 0.669. The molecule has 6 heteroatoms. The predicted molar refractivity (Wildman–Crippen MR) is 98.1 cm³/mol. The van der Waals surface area contributed by atoms with Gasteiger partial charge in [0.15, 0.2) is 0 Å². The number of nitrogens with zero attached hydrogens (tertiary/aromatic N) is 3. The van der Waals surface area contributed by atoms with E-state index in [1.807, 2.05) is 42.5 Å². The highest BCUT2D eigenvalue weighted by Gasteiger charge is 2.15. The Morgan fingerprint density at radius 2 is 1.92 bits per heavy atom. The minimum Gasteiger partial charge on any atom is -0.349 e. The van der Waals surface area contributed by atoms with Crippen LogP contribution in [0.15, 0.2) is 59.4 Å². The summed E-state index contributed by atoms with van der Waals surface area (Å²) in [5.41, 5.74) is 1.96. The molecule has 0 radical (unpaired) electrons. The maximum Gasteiger partial charge on any atom is 0.227 e. The highest BCUT2D eigenvalue weighted by atomic mass is 16.5. The van der Waals surface area contributed by atoms with Crippen LogP contribution in [0, 0.1) is 0 Å². The molecule has 1 N–H and O–H groups in total. The number of amides is 1. The molecule has 6 nitrogen and oxygen atoms in total. The molecule has 1 atom stereocenters. The predicted octanol–water partition coefficient (Wildman–Crippen LogP) is 3.72. The lowest BCUT2D eigenvalue weighted by atomic mass is 10.0. The topological polar surface area (TPSA) is 80.9 Å². The third-order valence-corrected chi connectivity index (χ3v) is 4.09. The van der Waals surface area contributed by atoms with Crippen LogP contribution in [-0.4, -0.2) is 21.0 Å². The van der Waals surface area contributed by atoms with Gasteiger partial charge >= 0.3 is 0 Å². The number of pyridine rings is 1. The first-order valence-corrected chi connectivity index (χ1v) is 8.83. The molecule has 1 amide bonds. The molecule has 2 heterocycles. The molecule has 0 saturated carbocycles. The summed E-state index contributed by atoms with van der Waals surface area (Å²) >= 11 is 0. The van der Waals surface area contributed by atoms with E-state index in [9.17, 15) is 4.79 Å². The van der Waals surface area contributed by atoms with Crippen molar-refractivity contribution in [3.8, 4) is 11.4 Å². The minimum absolute atomic E-state index is 0.0176. The normalized spacial score (nSPS) is 11.9. The summed E-state index contributed by atoms with van der Waals surface area (Å²) in [4.78, 5) is 20.6. The van der Waals surface area contributed by atoms with E-state index in [1.165, 1.54) is 0 Å². The Labute approximate surface area is 152 Å². The second kappa shape index (κ2) is 8.89. The highest BCUT2D eigenvalue weighted by molar-refractivity contribution is 5.76. The summed E-state index contributed by atoms with van der Waals surface area (Å²) in [5.74, 6) is 0.950. The molecular weight excluding hydrogens is 328 g/mol. The van der Waals surface area contributed by atoms with E-state index in [4.69, 9.17) is 4.52 Å². The number of hydrogen-bond acceptors (Lipinski definition) is 5. The Balaban J connectivity index is 1.56. The summed E-state index contributed by atoms with van der Waals surface area (Å²) < 4.78 is 5.25. The maximum atomic E-state index is 12.3. The molecule has 0 bridgehead atoms. The van der Waals surface area contributed by atoms with Gasteiger partial charge in [-0.2, -0.15) is 4.98 Å². The number of rotatable bonds is 8. The zero-order valence-electron chi connectivity index (χ0n) is 14.8. The van der Waals surface area contributed by atoms with Crippen molar-refractivity contribution in [1.29, 1.82) is 0 Å². The van der Waals surface area contributed by atoms with Crippen LogP contribution in [0.4, 0.5) is 0 Å². The molecule has 0 aliphatic heterocycles. The van der Waals surface area contributed by atoms with Gasteiger partial charge in [0.05, 0.1) is 6.04 Å². The largest absolute Gasteiger partial charge is 0.349 e. The van der Waals surface area contributed by atoms with E-state index in [0.717, 1.165) is 24.0 Å². The van der Waals surface area contributed by atoms with Crippen molar-refractivity contribution < 1.29 is 9.32 Å². The van der Waals surface area contributed by atoms with Crippen molar-refractivity contribution in [2.24, 2.45) is 0 Å². The number of carbonyl (C=O) groups excluding carboxylic acids is 1. The van der Waals surface area contributed by atoms with Crippen LogP contribution in [0.1, 0.15) is 43.7 Å². The number of nitrogens with one attached hydrogen (secondary N) is 1. The van der Waals surface area contributed by atoms with Crippen LogP contribution in [0.5, 0.6) is 0 Å². The molecule has 134 valence electrons. The van der Waals surface area contributed by atoms with Crippen LogP contribution in [0.25, 0.3) is 11.4 Å². The molecule has 0 spiro atoms. The molecule has 1 unspecified atom stereocenters. The van der Waals surface area contributed by atoms with Crippen LogP contribution >= 0.6 is 0 Å². The summed E-state index contributed by atoms with van der Waals surface area (Å²) in [7, 11) is 0. The lowest BCUT2D eigenvalue weighted by Gasteiger charge is -2.18. The van der Waals surface area contributed by atoms with Crippen LogP contribution < -0.4 is 5.32 Å². The van der Waals surface area contributed by atoms with Crippen molar-refractivity contribution in [3.63, 3.8) is 0 Å². The van der Waals surface area contributed by atoms with Crippen molar-refractivity contribution in [2.75, 3.05) is 0 Å². The van der Waals surface area contributed by atoms with E-state index in [1.54, 1.807) is 12.4 Å². The van der Waals surface area contributed by atoms with Gasteiger partial charge in [-0.1, -0.05) is 48.8 Å². The number of benzene rings is 1. The highest BCUT2D eigenvalue weighted by Crippen LogP contribution is 2.19. The first kappa shape index (κ1) is 17.8. The van der Waals surface area contributed by atoms with E-state index in [0.29, 0.717) is 24.6 Å². The smallest absolute Gasteiger partial charge is 0.227 e. The van der Waals surface area contributed by atoms with Crippen LogP contribution in [0.3, 0.4) is 0 Å².